The lowest BCUT2D eigenvalue weighted by molar-refractivity contribution is -0.135. The van der Waals surface area contributed by atoms with Crippen molar-refractivity contribution in [2.45, 2.75) is 52.0 Å². The first-order chi connectivity index (χ1) is 10.9. The summed E-state index contributed by atoms with van der Waals surface area (Å²) in [5, 5.41) is 8.92. The van der Waals surface area contributed by atoms with Gasteiger partial charge in [-0.25, -0.2) is 4.79 Å². The van der Waals surface area contributed by atoms with E-state index in [1.54, 1.807) is 0 Å². The summed E-state index contributed by atoms with van der Waals surface area (Å²) in [4.78, 5) is 37.7. The summed E-state index contributed by atoms with van der Waals surface area (Å²) in [7, 11) is 0. The molecule has 0 radical (unpaired) electrons. The number of halogens is 1. The largest absolute Gasteiger partial charge is 0.354 e. The highest BCUT2D eigenvalue weighted by Gasteiger charge is 2.49. The van der Waals surface area contributed by atoms with E-state index in [1.165, 1.54) is 0 Å². The van der Waals surface area contributed by atoms with Gasteiger partial charge in [0.1, 0.15) is 12.1 Å². The van der Waals surface area contributed by atoms with Crippen LogP contribution < -0.4 is 16.0 Å². The summed E-state index contributed by atoms with van der Waals surface area (Å²) in [6.07, 6.45) is 3.06. The number of nitrogens with zero attached hydrogens (tertiary/aromatic N) is 1. The summed E-state index contributed by atoms with van der Waals surface area (Å²) in [6, 6.07) is -0.470. The quantitative estimate of drug-likeness (QED) is 0.617. The molecule has 2 aliphatic rings. The average Bonchev–Trinajstić information content (AvgIpc) is 2.78. The zero-order chi connectivity index (χ0) is 17.1. The molecular formula is C16H29ClN4O3. The van der Waals surface area contributed by atoms with Crippen LogP contribution in [0.2, 0.25) is 0 Å². The molecule has 0 aliphatic carbocycles. The Kier molecular flexibility index (Phi) is 7.04. The number of amides is 4. The van der Waals surface area contributed by atoms with Crippen molar-refractivity contribution in [3.63, 3.8) is 0 Å². The zero-order valence-corrected chi connectivity index (χ0v) is 15.6. The molecule has 2 aliphatic heterocycles. The van der Waals surface area contributed by atoms with Crippen molar-refractivity contribution in [2.75, 3.05) is 26.2 Å². The molecule has 24 heavy (non-hydrogen) atoms. The molecule has 7 nitrogen and oxygen atoms in total. The Bertz CT molecular complexity index is 488. The minimum Gasteiger partial charge on any atom is -0.354 e. The van der Waals surface area contributed by atoms with Crippen molar-refractivity contribution >= 4 is 30.3 Å². The summed E-state index contributed by atoms with van der Waals surface area (Å²) >= 11 is 0. The molecule has 8 heteroatoms. The third-order valence-corrected chi connectivity index (χ3v) is 5.28. The fraction of sp³-hybridized carbons (Fsp3) is 0.812. The minimum atomic E-state index is -0.849. The lowest BCUT2D eigenvalue weighted by Gasteiger charge is -2.34. The Morgan fingerprint density at radius 2 is 1.79 bits per heavy atom. The molecule has 2 fully saturated rings. The molecule has 0 unspecified atom stereocenters. The van der Waals surface area contributed by atoms with E-state index >= 15 is 0 Å². The van der Waals surface area contributed by atoms with Crippen LogP contribution in [0.3, 0.4) is 0 Å². The maximum Gasteiger partial charge on any atom is 0.325 e. The van der Waals surface area contributed by atoms with Crippen LogP contribution in [0.15, 0.2) is 0 Å². The first-order valence-electron chi connectivity index (χ1n) is 8.47. The molecule has 0 spiro atoms. The van der Waals surface area contributed by atoms with Gasteiger partial charge in [0.05, 0.1) is 0 Å². The van der Waals surface area contributed by atoms with Crippen molar-refractivity contribution in [3.05, 3.63) is 0 Å². The van der Waals surface area contributed by atoms with E-state index in [9.17, 15) is 14.4 Å². The van der Waals surface area contributed by atoms with Gasteiger partial charge < -0.3 is 16.0 Å². The van der Waals surface area contributed by atoms with E-state index in [0.717, 1.165) is 30.8 Å². The molecule has 0 saturated carbocycles. The predicted molar refractivity (Wildman–Crippen MR) is 94.0 cm³/mol. The third-order valence-electron chi connectivity index (χ3n) is 5.28. The van der Waals surface area contributed by atoms with Crippen molar-refractivity contribution in [1.82, 2.24) is 20.9 Å². The molecule has 2 heterocycles. The van der Waals surface area contributed by atoms with Crippen LogP contribution >= 0.6 is 12.4 Å². The molecular weight excluding hydrogens is 332 g/mol. The van der Waals surface area contributed by atoms with Crippen LogP contribution in [0.25, 0.3) is 0 Å². The van der Waals surface area contributed by atoms with Crippen molar-refractivity contribution < 1.29 is 14.4 Å². The minimum absolute atomic E-state index is 0. The van der Waals surface area contributed by atoms with Gasteiger partial charge in [0, 0.05) is 6.54 Å². The number of hydrogen-bond acceptors (Lipinski definition) is 4. The van der Waals surface area contributed by atoms with E-state index in [-0.39, 0.29) is 36.2 Å². The molecule has 3 N–H and O–H groups in total. The smallest absolute Gasteiger partial charge is 0.325 e. The van der Waals surface area contributed by atoms with E-state index in [0.29, 0.717) is 19.4 Å². The van der Waals surface area contributed by atoms with E-state index in [4.69, 9.17) is 0 Å². The SMILES string of the molecule is CCC1(CC)NC(=O)N(CC(=O)NCC2(C)CCNCC2)C1=O.Cl. The molecule has 138 valence electrons. The number of hydrogen-bond donors (Lipinski definition) is 3. The summed E-state index contributed by atoms with van der Waals surface area (Å²) < 4.78 is 0. The fourth-order valence-corrected chi connectivity index (χ4v) is 3.27. The second kappa shape index (κ2) is 8.16. The van der Waals surface area contributed by atoms with Crippen molar-refractivity contribution in [2.24, 2.45) is 5.41 Å². The Hall–Kier alpha value is -1.34. The fourth-order valence-electron chi connectivity index (χ4n) is 3.27. The summed E-state index contributed by atoms with van der Waals surface area (Å²) in [6.45, 7) is 8.15. The number of rotatable bonds is 6. The van der Waals surface area contributed by atoms with Crippen molar-refractivity contribution in [3.8, 4) is 0 Å². The first kappa shape index (κ1) is 20.7. The first-order valence-corrected chi connectivity index (χ1v) is 8.47. The molecule has 4 amide bonds. The highest BCUT2D eigenvalue weighted by Crippen LogP contribution is 2.27. The third kappa shape index (κ3) is 4.19. The number of carbonyl (C=O) groups is 3. The van der Waals surface area contributed by atoms with Gasteiger partial charge in [-0.05, 0) is 44.2 Å². The van der Waals surface area contributed by atoms with Crippen LogP contribution in [0, 0.1) is 5.41 Å². The van der Waals surface area contributed by atoms with Crippen LogP contribution in [0.5, 0.6) is 0 Å². The maximum atomic E-state index is 12.5. The van der Waals surface area contributed by atoms with Gasteiger partial charge in [-0.3, -0.25) is 14.5 Å². The highest BCUT2D eigenvalue weighted by molar-refractivity contribution is 6.08. The van der Waals surface area contributed by atoms with Gasteiger partial charge in [-0.2, -0.15) is 0 Å². The van der Waals surface area contributed by atoms with Crippen LogP contribution in [-0.4, -0.2) is 54.5 Å². The maximum absolute atomic E-state index is 12.5. The lowest BCUT2D eigenvalue weighted by Crippen LogP contribution is -2.48. The van der Waals surface area contributed by atoms with Gasteiger partial charge in [0.2, 0.25) is 5.91 Å². The molecule has 0 bridgehead atoms. The second-order valence-corrected chi connectivity index (χ2v) is 6.95. The topological polar surface area (TPSA) is 90.5 Å². The lowest BCUT2D eigenvalue weighted by atomic mass is 9.81. The van der Waals surface area contributed by atoms with E-state index in [1.807, 2.05) is 13.8 Å². The predicted octanol–water partition coefficient (Wildman–Crippen LogP) is 1.02. The molecule has 0 aromatic heterocycles. The Labute approximate surface area is 149 Å². The summed E-state index contributed by atoms with van der Waals surface area (Å²) in [5.74, 6) is -0.577. The number of nitrogens with one attached hydrogen (secondary N) is 3. The standard InChI is InChI=1S/C16H28N4O3.ClH/c1-4-16(5-2)13(22)20(14(23)19-16)10-12(21)18-11-15(3)6-8-17-9-7-15;/h17H,4-11H2,1-3H3,(H,18,21)(H,19,23);1H. The van der Waals surface area contributed by atoms with E-state index < -0.39 is 11.6 Å². The zero-order valence-electron chi connectivity index (χ0n) is 14.7. The monoisotopic (exact) mass is 360 g/mol. The highest BCUT2D eigenvalue weighted by atomic mass is 35.5. The number of imide groups is 1. The van der Waals surface area contributed by atoms with Crippen molar-refractivity contribution in [1.29, 1.82) is 0 Å². The number of piperidine rings is 1. The molecule has 0 atom stereocenters. The van der Waals surface area contributed by atoms with Gasteiger partial charge >= 0.3 is 6.03 Å². The molecule has 0 aromatic carbocycles. The van der Waals surface area contributed by atoms with Crippen LogP contribution in [-0.2, 0) is 9.59 Å². The number of carbonyl (C=O) groups excluding carboxylic acids is 3. The van der Waals surface area contributed by atoms with Gasteiger partial charge in [0.15, 0.2) is 0 Å². The Balaban J connectivity index is 0.00000288. The van der Waals surface area contributed by atoms with Gasteiger partial charge in [-0.15, -0.1) is 12.4 Å². The number of urea groups is 1. The summed E-state index contributed by atoms with van der Waals surface area (Å²) in [5.41, 5.74) is -0.771. The average molecular weight is 361 g/mol. The van der Waals surface area contributed by atoms with Crippen LogP contribution in [0.4, 0.5) is 4.79 Å². The Morgan fingerprint density at radius 1 is 1.21 bits per heavy atom. The molecule has 2 saturated heterocycles. The van der Waals surface area contributed by atoms with E-state index in [2.05, 4.69) is 22.9 Å². The van der Waals surface area contributed by atoms with Gasteiger partial charge in [-0.1, -0.05) is 20.8 Å². The normalized spacial score (nSPS) is 21.9. The molecule has 0 aromatic rings. The molecule has 2 rings (SSSR count). The second-order valence-electron chi connectivity index (χ2n) is 6.95. The Morgan fingerprint density at radius 3 is 2.29 bits per heavy atom. The van der Waals surface area contributed by atoms with Crippen LogP contribution in [0.1, 0.15) is 46.5 Å². The van der Waals surface area contributed by atoms with Gasteiger partial charge in [0.25, 0.3) is 5.91 Å².